The Morgan fingerprint density at radius 1 is 1.47 bits per heavy atom. The van der Waals surface area contributed by atoms with Crippen molar-refractivity contribution >= 4 is 5.97 Å². The lowest BCUT2D eigenvalue weighted by molar-refractivity contribution is -0.138. The third-order valence-electron chi connectivity index (χ3n) is 3.05. The summed E-state index contributed by atoms with van der Waals surface area (Å²) >= 11 is 0. The molecule has 1 aliphatic rings. The van der Waals surface area contributed by atoms with Gasteiger partial charge in [-0.15, -0.1) is 0 Å². The zero-order valence-corrected chi connectivity index (χ0v) is 11.8. The second-order valence-electron chi connectivity index (χ2n) is 4.50. The average Bonchev–Trinajstić information content (AvgIpc) is 2.84. The number of nitrogens with one attached hydrogen (secondary N) is 1. The molecule has 0 aromatic carbocycles. The van der Waals surface area contributed by atoms with E-state index in [1.165, 1.54) is 5.70 Å². The van der Waals surface area contributed by atoms with Gasteiger partial charge >= 0.3 is 5.97 Å². The lowest BCUT2D eigenvalue weighted by Crippen LogP contribution is -2.14. The average molecular weight is 262 g/mol. The number of rotatable bonds is 7. The largest absolute Gasteiger partial charge is 0.471 e. The Hall–Kier alpha value is -1.76. The first kappa shape index (κ1) is 15.3. The monoisotopic (exact) mass is 262 g/mol. The third kappa shape index (κ3) is 4.78. The molecule has 0 aromatic rings. The molecule has 0 fully saturated rings. The zero-order valence-electron chi connectivity index (χ0n) is 11.8. The number of esters is 1. The molecule has 0 radical (unpaired) electrons. The molecule has 0 saturated heterocycles. The summed E-state index contributed by atoms with van der Waals surface area (Å²) in [5.41, 5.74) is 2.34. The van der Waals surface area contributed by atoms with E-state index in [4.69, 9.17) is 11.3 Å². The molecule has 0 spiro atoms. The summed E-state index contributed by atoms with van der Waals surface area (Å²) < 4.78 is 4.88. The molecule has 0 atom stereocenters. The second kappa shape index (κ2) is 8.36. The van der Waals surface area contributed by atoms with Crippen LogP contribution >= 0.6 is 0 Å². The van der Waals surface area contributed by atoms with E-state index in [1.54, 1.807) is 13.0 Å². The Balaban J connectivity index is 2.77. The summed E-state index contributed by atoms with van der Waals surface area (Å²) in [6.45, 7) is 12.2. The van der Waals surface area contributed by atoms with Gasteiger partial charge < -0.3 is 10.1 Å². The summed E-state index contributed by atoms with van der Waals surface area (Å²) in [7, 11) is 0. The van der Waals surface area contributed by atoms with Crippen LogP contribution in [0.3, 0.4) is 0 Å². The van der Waals surface area contributed by atoms with Crippen LogP contribution in [0.5, 0.6) is 0 Å². The molecule has 0 unspecified atom stereocenters. The quantitative estimate of drug-likeness (QED) is 0.331. The molecule has 1 rings (SSSR count). The van der Waals surface area contributed by atoms with Crippen LogP contribution in [0.2, 0.25) is 0 Å². The summed E-state index contributed by atoms with van der Waals surface area (Å²) in [5, 5.41) is 3.41. The fraction of sp³-hybridized carbons (Fsp3) is 0.600. The number of carbonyl (C=O) groups excluding carboxylic acids is 1. The van der Waals surface area contributed by atoms with Crippen LogP contribution < -0.4 is 5.32 Å². The predicted molar refractivity (Wildman–Crippen MR) is 75.1 cm³/mol. The minimum absolute atomic E-state index is 0.0774. The Kier molecular flexibility index (Phi) is 6.73. The van der Waals surface area contributed by atoms with Crippen molar-refractivity contribution in [3.05, 3.63) is 34.5 Å². The Morgan fingerprint density at radius 2 is 2.26 bits per heavy atom. The van der Waals surface area contributed by atoms with E-state index in [9.17, 15) is 4.79 Å². The maximum absolute atomic E-state index is 11.6. The Morgan fingerprint density at radius 3 is 2.89 bits per heavy atom. The van der Waals surface area contributed by atoms with Crippen molar-refractivity contribution in [1.29, 1.82) is 0 Å². The number of carbonyl (C=O) groups is 1. The molecular weight excluding hydrogens is 240 g/mol. The van der Waals surface area contributed by atoms with Crippen LogP contribution in [-0.2, 0) is 9.53 Å². The van der Waals surface area contributed by atoms with Gasteiger partial charge in [0.25, 0.3) is 5.70 Å². The number of hydrogen-bond donors (Lipinski definition) is 1. The fourth-order valence-corrected chi connectivity index (χ4v) is 2.05. The van der Waals surface area contributed by atoms with Gasteiger partial charge in [-0.3, -0.25) is 4.79 Å². The molecule has 0 aromatic heterocycles. The van der Waals surface area contributed by atoms with Gasteiger partial charge in [-0.1, -0.05) is 13.3 Å². The first-order valence-electron chi connectivity index (χ1n) is 6.95. The number of hydrogen-bond acceptors (Lipinski definition) is 3. The lowest BCUT2D eigenvalue weighted by Gasteiger charge is -2.08. The van der Waals surface area contributed by atoms with E-state index in [1.807, 2.05) is 0 Å². The van der Waals surface area contributed by atoms with Crippen LogP contribution in [0, 0.1) is 6.57 Å². The number of unbranched alkanes of at least 4 members (excludes halogenated alkanes) is 1. The van der Waals surface area contributed by atoms with Gasteiger partial charge in [0.1, 0.15) is 0 Å². The van der Waals surface area contributed by atoms with E-state index in [0.717, 1.165) is 44.2 Å². The molecule has 0 aliphatic heterocycles. The minimum atomic E-state index is -0.523. The number of nitrogens with zero attached hydrogens (tertiary/aromatic N) is 1. The number of allylic oxidation sites excluding steroid dienone is 3. The molecule has 0 heterocycles. The molecule has 4 heteroatoms. The van der Waals surface area contributed by atoms with Gasteiger partial charge in [0.15, 0.2) is 0 Å². The zero-order chi connectivity index (χ0) is 14.1. The smallest absolute Gasteiger partial charge is 0.336 e. The first-order valence-corrected chi connectivity index (χ1v) is 6.95. The highest BCUT2D eigenvalue weighted by Crippen LogP contribution is 2.26. The van der Waals surface area contributed by atoms with Crippen molar-refractivity contribution in [2.24, 2.45) is 0 Å². The van der Waals surface area contributed by atoms with Gasteiger partial charge in [-0.25, -0.2) is 4.85 Å². The molecular formula is C15H22N2O2. The fourth-order valence-electron chi connectivity index (χ4n) is 2.05. The van der Waals surface area contributed by atoms with Crippen molar-refractivity contribution in [3.8, 4) is 0 Å². The highest BCUT2D eigenvalue weighted by atomic mass is 16.5. The molecule has 19 heavy (non-hydrogen) atoms. The summed E-state index contributed by atoms with van der Waals surface area (Å²) in [5.74, 6) is -0.523. The molecule has 1 aliphatic carbocycles. The minimum Gasteiger partial charge on any atom is -0.471 e. The predicted octanol–water partition coefficient (Wildman–Crippen LogP) is 3.18. The van der Waals surface area contributed by atoms with E-state index < -0.39 is 5.97 Å². The van der Waals surface area contributed by atoms with Gasteiger partial charge in [0.05, 0.1) is 13.2 Å². The molecule has 0 saturated carbocycles. The van der Waals surface area contributed by atoms with Crippen LogP contribution in [-0.4, -0.2) is 19.1 Å². The third-order valence-corrected chi connectivity index (χ3v) is 3.05. The highest BCUT2D eigenvalue weighted by molar-refractivity contribution is 5.91. The standard InChI is InChI=1S/C15H22N2O2/c1-4-6-10-17-13-9-7-8-12(13)11-14(16-3)15(18)19-5-2/h11,17H,4-10H2,1-2H3/b14-11+. The number of ether oxygens (including phenoxy) is 1. The van der Waals surface area contributed by atoms with Crippen molar-refractivity contribution in [2.75, 3.05) is 13.2 Å². The van der Waals surface area contributed by atoms with E-state index >= 15 is 0 Å². The molecule has 0 bridgehead atoms. The van der Waals surface area contributed by atoms with Crippen LogP contribution in [0.4, 0.5) is 0 Å². The van der Waals surface area contributed by atoms with Crippen molar-refractivity contribution in [1.82, 2.24) is 5.32 Å². The van der Waals surface area contributed by atoms with Crippen LogP contribution in [0.25, 0.3) is 4.85 Å². The topological polar surface area (TPSA) is 42.7 Å². The van der Waals surface area contributed by atoms with Gasteiger partial charge in [0.2, 0.25) is 0 Å². The Labute approximate surface area is 115 Å². The van der Waals surface area contributed by atoms with Gasteiger partial charge in [-0.2, -0.15) is 0 Å². The molecule has 0 amide bonds. The maximum Gasteiger partial charge on any atom is 0.336 e. The lowest BCUT2D eigenvalue weighted by atomic mass is 10.2. The van der Waals surface area contributed by atoms with E-state index in [-0.39, 0.29) is 5.70 Å². The highest BCUT2D eigenvalue weighted by Gasteiger charge is 2.16. The maximum atomic E-state index is 11.6. The second-order valence-corrected chi connectivity index (χ2v) is 4.50. The van der Waals surface area contributed by atoms with E-state index in [2.05, 4.69) is 17.1 Å². The Bertz CT molecular complexity index is 416. The van der Waals surface area contributed by atoms with Crippen molar-refractivity contribution in [3.63, 3.8) is 0 Å². The normalized spacial score (nSPS) is 15.3. The molecule has 1 N–H and O–H groups in total. The molecule has 104 valence electrons. The van der Waals surface area contributed by atoms with E-state index in [0.29, 0.717) is 6.61 Å². The van der Waals surface area contributed by atoms with Crippen molar-refractivity contribution in [2.45, 2.75) is 46.0 Å². The van der Waals surface area contributed by atoms with Gasteiger partial charge in [-0.05, 0) is 44.3 Å². The molecule has 4 nitrogen and oxygen atoms in total. The SMILES string of the molecule is [C-]#[N+]/C(=C/C1=C(NCCCC)CCC1)C(=O)OCC. The van der Waals surface area contributed by atoms with Crippen LogP contribution in [0.15, 0.2) is 23.0 Å². The summed E-state index contributed by atoms with van der Waals surface area (Å²) in [4.78, 5) is 14.9. The first-order chi connectivity index (χ1) is 9.22. The summed E-state index contributed by atoms with van der Waals surface area (Å²) in [6.07, 6.45) is 6.98. The van der Waals surface area contributed by atoms with Crippen molar-refractivity contribution < 1.29 is 9.53 Å². The van der Waals surface area contributed by atoms with Gasteiger partial charge in [0, 0.05) is 12.2 Å². The summed E-state index contributed by atoms with van der Waals surface area (Å²) in [6, 6.07) is 0. The van der Waals surface area contributed by atoms with Crippen LogP contribution in [0.1, 0.15) is 46.0 Å².